The third-order valence-corrected chi connectivity index (χ3v) is 3.04. The fourth-order valence-electron chi connectivity index (χ4n) is 1.87. The molecule has 0 aromatic heterocycles. The van der Waals surface area contributed by atoms with Crippen LogP contribution in [-0.2, 0) is 4.79 Å². The fourth-order valence-corrected chi connectivity index (χ4v) is 1.87. The van der Waals surface area contributed by atoms with Crippen LogP contribution in [0.2, 0.25) is 0 Å². The number of allylic oxidation sites excluding steroid dienone is 2. The van der Waals surface area contributed by atoms with Crippen molar-refractivity contribution in [3.05, 3.63) is 12.2 Å². The smallest absolute Gasteiger partial charge is 0.223 e. The molecule has 0 spiro atoms. The SMILES string of the molecule is O=C(NCCCNC1CC1)C1CC=CC1. The van der Waals surface area contributed by atoms with Crippen molar-refractivity contribution in [3.8, 4) is 0 Å². The van der Waals surface area contributed by atoms with Gasteiger partial charge in [0.1, 0.15) is 0 Å². The summed E-state index contributed by atoms with van der Waals surface area (Å²) in [5.74, 6) is 0.438. The van der Waals surface area contributed by atoms with E-state index in [-0.39, 0.29) is 11.8 Å². The van der Waals surface area contributed by atoms with Crippen molar-refractivity contribution in [1.29, 1.82) is 0 Å². The van der Waals surface area contributed by atoms with E-state index in [2.05, 4.69) is 22.8 Å². The maximum absolute atomic E-state index is 11.6. The average Bonchev–Trinajstić information content (AvgIpc) is 2.90. The molecule has 3 nitrogen and oxygen atoms in total. The molecule has 0 bridgehead atoms. The predicted octanol–water partition coefficient (Wildman–Crippen LogP) is 1.21. The predicted molar refractivity (Wildman–Crippen MR) is 60.5 cm³/mol. The zero-order valence-corrected chi connectivity index (χ0v) is 9.17. The van der Waals surface area contributed by atoms with Gasteiger partial charge < -0.3 is 10.6 Å². The van der Waals surface area contributed by atoms with E-state index in [1.165, 1.54) is 12.8 Å². The maximum atomic E-state index is 11.6. The highest BCUT2D eigenvalue weighted by atomic mass is 16.1. The number of nitrogens with one attached hydrogen (secondary N) is 2. The van der Waals surface area contributed by atoms with Gasteiger partial charge in [0.2, 0.25) is 5.91 Å². The first kappa shape index (κ1) is 10.7. The first-order valence-corrected chi connectivity index (χ1v) is 6.02. The third kappa shape index (κ3) is 3.67. The molecule has 15 heavy (non-hydrogen) atoms. The number of carbonyl (C=O) groups is 1. The summed E-state index contributed by atoms with van der Waals surface area (Å²) < 4.78 is 0. The van der Waals surface area contributed by atoms with Gasteiger partial charge in [0.15, 0.2) is 0 Å². The normalized spacial score (nSPS) is 20.8. The van der Waals surface area contributed by atoms with Crippen molar-refractivity contribution in [3.63, 3.8) is 0 Å². The van der Waals surface area contributed by atoms with Crippen molar-refractivity contribution in [2.24, 2.45) is 5.92 Å². The van der Waals surface area contributed by atoms with E-state index >= 15 is 0 Å². The Bertz CT molecular complexity index is 238. The van der Waals surface area contributed by atoms with Gasteiger partial charge in [0, 0.05) is 18.5 Å². The Labute approximate surface area is 91.3 Å². The number of hydrogen-bond acceptors (Lipinski definition) is 2. The highest BCUT2D eigenvalue weighted by molar-refractivity contribution is 5.79. The third-order valence-electron chi connectivity index (χ3n) is 3.04. The van der Waals surface area contributed by atoms with E-state index in [1.54, 1.807) is 0 Å². The Morgan fingerprint density at radius 2 is 1.93 bits per heavy atom. The number of amides is 1. The summed E-state index contributed by atoms with van der Waals surface area (Å²) in [6.07, 6.45) is 9.75. The molecular formula is C12H20N2O. The molecule has 1 amide bonds. The van der Waals surface area contributed by atoms with Crippen LogP contribution in [0.4, 0.5) is 0 Å². The molecule has 0 aliphatic heterocycles. The highest BCUT2D eigenvalue weighted by Crippen LogP contribution is 2.18. The van der Waals surface area contributed by atoms with Crippen molar-refractivity contribution >= 4 is 5.91 Å². The molecule has 2 aliphatic carbocycles. The molecule has 0 aromatic carbocycles. The minimum absolute atomic E-state index is 0.210. The minimum atomic E-state index is 0.210. The van der Waals surface area contributed by atoms with Gasteiger partial charge in [0.25, 0.3) is 0 Å². The zero-order chi connectivity index (χ0) is 10.5. The first-order chi connectivity index (χ1) is 7.36. The summed E-state index contributed by atoms with van der Waals surface area (Å²) in [4.78, 5) is 11.6. The Balaban J connectivity index is 1.47. The largest absolute Gasteiger partial charge is 0.356 e. The quantitative estimate of drug-likeness (QED) is 0.509. The molecule has 2 N–H and O–H groups in total. The number of hydrogen-bond donors (Lipinski definition) is 2. The minimum Gasteiger partial charge on any atom is -0.356 e. The molecule has 1 fully saturated rings. The Kier molecular flexibility index (Phi) is 3.78. The molecule has 84 valence electrons. The van der Waals surface area contributed by atoms with Gasteiger partial charge in [-0.3, -0.25) is 4.79 Å². The molecule has 2 aliphatic rings. The van der Waals surface area contributed by atoms with E-state index in [0.717, 1.165) is 38.4 Å². The van der Waals surface area contributed by atoms with Crippen LogP contribution in [0.1, 0.15) is 32.1 Å². The lowest BCUT2D eigenvalue weighted by Gasteiger charge is -2.10. The molecular weight excluding hydrogens is 188 g/mol. The Morgan fingerprint density at radius 3 is 2.60 bits per heavy atom. The average molecular weight is 208 g/mol. The summed E-state index contributed by atoms with van der Waals surface area (Å²) in [6, 6.07) is 0.778. The monoisotopic (exact) mass is 208 g/mol. The molecule has 0 atom stereocenters. The van der Waals surface area contributed by atoms with Gasteiger partial charge >= 0.3 is 0 Å². The van der Waals surface area contributed by atoms with E-state index in [1.807, 2.05) is 0 Å². The summed E-state index contributed by atoms with van der Waals surface area (Å²) in [5, 5.41) is 6.44. The fraction of sp³-hybridized carbons (Fsp3) is 0.750. The molecule has 3 heteroatoms. The summed E-state index contributed by atoms with van der Waals surface area (Å²) in [5.41, 5.74) is 0. The van der Waals surface area contributed by atoms with Crippen LogP contribution in [0.5, 0.6) is 0 Å². The second kappa shape index (κ2) is 5.31. The highest BCUT2D eigenvalue weighted by Gasteiger charge is 2.20. The molecule has 0 saturated heterocycles. The molecule has 0 unspecified atom stereocenters. The molecule has 0 heterocycles. The molecule has 0 radical (unpaired) electrons. The second-order valence-electron chi connectivity index (χ2n) is 4.51. The van der Waals surface area contributed by atoms with Crippen molar-refractivity contribution in [2.75, 3.05) is 13.1 Å². The summed E-state index contributed by atoms with van der Waals surface area (Å²) in [6.45, 7) is 1.85. The van der Waals surface area contributed by atoms with Crippen molar-refractivity contribution in [2.45, 2.75) is 38.1 Å². The van der Waals surface area contributed by atoms with Crippen molar-refractivity contribution in [1.82, 2.24) is 10.6 Å². The number of rotatable bonds is 6. The van der Waals surface area contributed by atoms with Crippen molar-refractivity contribution < 1.29 is 4.79 Å². The summed E-state index contributed by atoms with van der Waals surface area (Å²) >= 11 is 0. The van der Waals surface area contributed by atoms with Gasteiger partial charge in [0.05, 0.1) is 0 Å². The van der Waals surface area contributed by atoms with Gasteiger partial charge in [-0.05, 0) is 38.6 Å². The topological polar surface area (TPSA) is 41.1 Å². The summed E-state index contributed by atoms with van der Waals surface area (Å²) in [7, 11) is 0. The number of carbonyl (C=O) groups excluding carboxylic acids is 1. The van der Waals surface area contributed by atoms with Crippen LogP contribution in [-0.4, -0.2) is 25.0 Å². The molecule has 0 aromatic rings. The van der Waals surface area contributed by atoms with Gasteiger partial charge in [-0.1, -0.05) is 12.2 Å². The standard InChI is InChI=1S/C12H20N2O/c15-12(10-4-1-2-5-10)14-9-3-8-13-11-6-7-11/h1-2,10-11,13H,3-9H2,(H,14,15). The van der Waals surface area contributed by atoms with E-state index in [9.17, 15) is 4.79 Å². The lowest BCUT2D eigenvalue weighted by atomic mass is 10.1. The van der Waals surface area contributed by atoms with Crippen LogP contribution in [0.3, 0.4) is 0 Å². The van der Waals surface area contributed by atoms with E-state index in [0.29, 0.717) is 0 Å². The Hall–Kier alpha value is -0.830. The molecule has 1 saturated carbocycles. The van der Waals surface area contributed by atoms with Crippen LogP contribution < -0.4 is 10.6 Å². The van der Waals surface area contributed by atoms with Crippen LogP contribution in [0, 0.1) is 5.92 Å². The van der Waals surface area contributed by atoms with Gasteiger partial charge in [-0.25, -0.2) is 0 Å². The van der Waals surface area contributed by atoms with E-state index in [4.69, 9.17) is 0 Å². The second-order valence-corrected chi connectivity index (χ2v) is 4.51. The first-order valence-electron chi connectivity index (χ1n) is 6.02. The van der Waals surface area contributed by atoms with Gasteiger partial charge in [-0.2, -0.15) is 0 Å². The lowest BCUT2D eigenvalue weighted by molar-refractivity contribution is -0.124. The van der Waals surface area contributed by atoms with E-state index < -0.39 is 0 Å². The lowest BCUT2D eigenvalue weighted by Crippen LogP contribution is -2.32. The van der Waals surface area contributed by atoms with Crippen LogP contribution in [0.15, 0.2) is 12.2 Å². The molecule has 2 rings (SSSR count). The maximum Gasteiger partial charge on any atom is 0.223 e. The van der Waals surface area contributed by atoms with Crippen LogP contribution >= 0.6 is 0 Å². The van der Waals surface area contributed by atoms with Gasteiger partial charge in [-0.15, -0.1) is 0 Å². The Morgan fingerprint density at radius 1 is 1.20 bits per heavy atom. The van der Waals surface area contributed by atoms with Crippen LogP contribution in [0.25, 0.3) is 0 Å². The zero-order valence-electron chi connectivity index (χ0n) is 9.17.